The summed E-state index contributed by atoms with van der Waals surface area (Å²) in [6, 6.07) is 2.24. The van der Waals surface area contributed by atoms with Gasteiger partial charge in [0.1, 0.15) is 5.75 Å². The molecule has 0 aliphatic carbocycles. The average molecular weight is 265 g/mol. The molecular weight excluding hydrogens is 238 g/mol. The summed E-state index contributed by atoms with van der Waals surface area (Å²) in [4.78, 5) is 0. The molecule has 2 N–H and O–H groups in total. The SMILES string of the molecule is COc1c(C)c(C)cc(C)c1CCNCCCCO. The van der Waals surface area contributed by atoms with Crippen LogP contribution >= 0.6 is 0 Å². The van der Waals surface area contributed by atoms with Crippen LogP contribution < -0.4 is 10.1 Å². The van der Waals surface area contributed by atoms with Gasteiger partial charge in [0.15, 0.2) is 0 Å². The highest BCUT2D eigenvalue weighted by Gasteiger charge is 2.11. The number of unbranched alkanes of at least 4 members (excludes halogenated alkanes) is 1. The largest absolute Gasteiger partial charge is 0.496 e. The molecule has 0 aromatic heterocycles. The average Bonchev–Trinajstić information content (AvgIpc) is 2.39. The van der Waals surface area contributed by atoms with Crippen LogP contribution in [-0.2, 0) is 6.42 Å². The monoisotopic (exact) mass is 265 g/mol. The van der Waals surface area contributed by atoms with Gasteiger partial charge in [-0.2, -0.15) is 0 Å². The minimum absolute atomic E-state index is 0.283. The van der Waals surface area contributed by atoms with E-state index in [9.17, 15) is 0 Å². The van der Waals surface area contributed by atoms with Crippen molar-refractivity contribution < 1.29 is 9.84 Å². The van der Waals surface area contributed by atoms with E-state index in [1.54, 1.807) is 7.11 Å². The van der Waals surface area contributed by atoms with E-state index in [0.717, 1.165) is 38.1 Å². The number of rotatable bonds is 8. The zero-order valence-corrected chi connectivity index (χ0v) is 12.7. The highest BCUT2D eigenvalue weighted by atomic mass is 16.5. The Morgan fingerprint density at radius 3 is 2.47 bits per heavy atom. The topological polar surface area (TPSA) is 41.5 Å². The summed E-state index contributed by atoms with van der Waals surface area (Å²) in [7, 11) is 1.75. The zero-order chi connectivity index (χ0) is 14.3. The van der Waals surface area contributed by atoms with Crippen molar-refractivity contribution in [2.75, 3.05) is 26.8 Å². The molecule has 1 aromatic carbocycles. The van der Waals surface area contributed by atoms with Crippen molar-refractivity contribution >= 4 is 0 Å². The van der Waals surface area contributed by atoms with Gasteiger partial charge in [-0.3, -0.25) is 0 Å². The molecule has 0 aliphatic rings. The van der Waals surface area contributed by atoms with Crippen molar-refractivity contribution in [2.24, 2.45) is 0 Å². The Balaban J connectivity index is 2.60. The summed E-state index contributed by atoms with van der Waals surface area (Å²) in [6.07, 6.45) is 2.88. The lowest BCUT2D eigenvalue weighted by Gasteiger charge is -2.17. The van der Waals surface area contributed by atoms with Gasteiger partial charge in [-0.15, -0.1) is 0 Å². The lowest BCUT2D eigenvalue weighted by molar-refractivity contribution is 0.284. The number of aliphatic hydroxyl groups excluding tert-OH is 1. The molecule has 0 aliphatic heterocycles. The molecule has 0 saturated carbocycles. The predicted octanol–water partition coefficient (Wildman–Crippen LogP) is 2.53. The van der Waals surface area contributed by atoms with Crippen LogP contribution in [0.4, 0.5) is 0 Å². The van der Waals surface area contributed by atoms with Crippen LogP contribution in [0.5, 0.6) is 5.75 Å². The van der Waals surface area contributed by atoms with Crippen LogP contribution in [0.15, 0.2) is 6.07 Å². The summed E-state index contributed by atoms with van der Waals surface area (Å²) >= 11 is 0. The first kappa shape index (κ1) is 16.0. The minimum Gasteiger partial charge on any atom is -0.496 e. The van der Waals surface area contributed by atoms with E-state index in [0.29, 0.717) is 0 Å². The number of aryl methyl sites for hydroxylation is 2. The molecule has 0 bridgehead atoms. The maximum atomic E-state index is 8.72. The normalized spacial score (nSPS) is 10.8. The fraction of sp³-hybridized carbons (Fsp3) is 0.625. The van der Waals surface area contributed by atoms with Gasteiger partial charge < -0.3 is 15.2 Å². The van der Waals surface area contributed by atoms with Crippen molar-refractivity contribution in [3.8, 4) is 5.75 Å². The van der Waals surface area contributed by atoms with E-state index in [1.165, 1.54) is 22.3 Å². The molecule has 0 heterocycles. The Labute approximate surface area is 117 Å². The maximum Gasteiger partial charge on any atom is 0.125 e. The quantitative estimate of drug-likeness (QED) is 0.710. The van der Waals surface area contributed by atoms with Crippen molar-refractivity contribution in [3.05, 3.63) is 28.3 Å². The first-order chi connectivity index (χ1) is 9.11. The van der Waals surface area contributed by atoms with Crippen LogP contribution in [0, 0.1) is 20.8 Å². The van der Waals surface area contributed by atoms with Gasteiger partial charge in [0, 0.05) is 6.61 Å². The fourth-order valence-electron chi connectivity index (χ4n) is 2.39. The number of methoxy groups -OCH3 is 1. The van der Waals surface area contributed by atoms with Gasteiger partial charge >= 0.3 is 0 Å². The van der Waals surface area contributed by atoms with Crippen molar-refractivity contribution in [3.63, 3.8) is 0 Å². The van der Waals surface area contributed by atoms with Gasteiger partial charge in [-0.1, -0.05) is 6.07 Å². The summed E-state index contributed by atoms with van der Waals surface area (Å²) in [5.41, 5.74) is 5.13. The predicted molar refractivity (Wildman–Crippen MR) is 80.1 cm³/mol. The standard InChI is InChI=1S/C16H27NO2/c1-12-11-13(2)15(16(19-4)14(12)3)7-9-17-8-5-6-10-18/h11,17-18H,5-10H2,1-4H3. The molecule has 0 radical (unpaired) electrons. The lowest BCUT2D eigenvalue weighted by Crippen LogP contribution is -2.19. The molecule has 19 heavy (non-hydrogen) atoms. The number of nitrogens with one attached hydrogen (secondary N) is 1. The molecule has 0 unspecified atom stereocenters. The second kappa shape index (κ2) is 8.18. The van der Waals surface area contributed by atoms with Crippen LogP contribution in [0.1, 0.15) is 35.1 Å². The van der Waals surface area contributed by atoms with Crippen LogP contribution in [-0.4, -0.2) is 31.9 Å². The van der Waals surface area contributed by atoms with Crippen LogP contribution in [0.2, 0.25) is 0 Å². The van der Waals surface area contributed by atoms with E-state index in [4.69, 9.17) is 9.84 Å². The molecule has 1 rings (SSSR count). The second-order valence-corrected chi connectivity index (χ2v) is 5.08. The summed E-state index contributed by atoms with van der Waals surface area (Å²) in [6.45, 7) is 8.59. The van der Waals surface area contributed by atoms with E-state index >= 15 is 0 Å². The molecule has 0 spiro atoms. The number of aliphatic hydroxyl groups is 1. The number of ether oxygens (including phenoxy) is 1. The summed E-state index contributed by atoms with van der Waals surface area (Å²) in [5.74, 6) is 1.04. The molecule has 3 nitrogen and oxygen atoms in total. The van der Waals surface area contributed by atoms with E-state index in [-0.39, 0.29) is 6.61 Å². The molecule has 0 atom stereocenters. The van der Waals surface area contributed by atoms with Crippen molar-refractivity contribution in [1.82, 2.24) is 5.32 Å². The molecule has 0 amide bonds. The van der Waals surface area contributed by atoms with Crippen LogP contribution in [0.25, 0.3) is 0 Å². The van der Waals surface area contributed by atoms with Crippen molar-refractivity contribution in [2.45, 2.75) is 40.0 Å². The van der Waals surface area contributed by atoms with E-state index in [1.807, 2.05) is 0 Å². The van der Waals surface area contributed by atoms with Gasteiger partial charge in [0.2, 0.25) is 0 Å². The fourth-order valence-corrected chi connectivity index (χ4v) is 2.39. The molecule has 1 aromatic rings. The summed E-state index contributed by atoms with van der Waals surface area (Å²) < 4.78 is 5.57. The van der Waals surface area contributed by atoms with E-state index < -0.39 is 0 Å². The molecule has 3 heteroatoms. The minimum atomic E-state index is 0.283. The first-order valence-corrected chi connectivity index (χ1v) is 7.07. The lowest BCUT2D eigenvalue weighted by atomic mass is 9.97. The molecule has 0 saturated heterocycles. The van der Waals surface area contributed by atoms with E-state index in [2.05, 4.69) is 32.2 Å². The number of benzene rings is 1. The Morgan fingerprint density at radius 1 is 1.11 bits per heavy atom. The van der Waals surface area contributed by atoms with Gasteiger partial charge in [-0.25, -0.2) is 0 Å². The highest BCUT2D eigenvalue weighted by Crippen LogP contribution is 2.29. The third kappa shape index (κ3) is 4.51. The Kier molecular flexibility index (Phi) is 6.89. The highest BCUT2D eigenvalue weighted by molar-refractivity contribution is 5.49. The van der Waals surface area contributed by atoms with Gasteiger partial charge in [-0.05, 0) is 75.4 Å². The Morgan fingerprint density at radius 2 is 1.84 bits per heavy atom. The molecular formula is C16H27NO2. The number of hydrogen-bond acceptors (Lipinski definition) is 3. The Hall–Kier alpha value is -1.06. The van der Waals surface area contributed by atoms with Crippen LogP contribution in [0.3, 0.4) is 0 Å². The third-order valence-corrected chi connectivity index (χ3v) is 3.63. The smallest absolute Gasteiger partial charge is 0.125 e. The first-order valence-electron chi connectivity index (χ1n) is 7.07. The second-order valence-electron chi connectivity index (χ2n) is 5.08. The Bertz CT molecular complexity index is 402. The zero-order valence-electron chi connectivity index (χ0n) is 12.7. The van der Waals surface area contributed by atoms with Gasteiger partial charge in [0.05, 0.1) is 7.11 Å². The molecule has 0 fully saturated rings. The molecule has 108 valence electrons. The van der Waals surface area contributed by atoms with Gasteiger partial charge in [0.25, 0.3) is 0 Å². The van der Waals surface area contributed by atoms with Crippen molar-refractivity contribution in [1.29, 1.82) is 0 Å². The summed E-state index contributed by atoms with van der Waals surface area (Å²) in [5, 5.41) is 12.1. The number of hydrogen-bond donors (Lipinski definition) is 2. The third-order valence-electron chi connectivity index (χ3n) is 3.63. The maximum absolute atomic E-state index is 8.72.